The minimum atomic E-state index is 0.302. The van der Waals surface area contributed by atoms with Gasteiger partial charge in [-0.2, -0.15) is 0 Å². The smallest absolute Gasteiger partial charge is 0.0462 e. The lowest BCUT2D eigenvalue weighted by Gasteiger charge is -2.20. The average molecular weight is 248 g/mol. The molecular weight excluding hydrogens is 220 g/mol. The Bertz CT molecular complexity index is 326. The average Bonchev–Trinajstić information content (AvgIpc) is 2.30. The van der Waals surface area contributed by atoms with Crippen LogP contribution in [0.15, 0.2) is 24.3 Å². The predicted octanol–water partition coefficient (Wildman–Crippen LogP) is 4.22. The van der Waals surface area contributed by atoms with Gasteiger partial charge in [0.1, 0.15) is 0 Å². The minimum absolute atomic E-state index is 0.302. The lowest BCUT2D eigenvalue weighted by atomic mass is 9.86. The summed E-state index contributed by atoms with van der Waals surface area (Å²) >= 11 is 0. The lowest BCUT2D eigenvalue weighted by Crippen LogP contribution is -2.15. The lowest BCUT2D eigenvalue weighted by molar-refractivity contribution is 0.196. The summed E-state index contributed by atoms with van der Waals surface area (Å²) < 4.78 is 0. The van der Waals surface area contributed by atoms with Crippen molar-refractivity contribution < 1.29 is 5.11 Å². The summed E-state index contributed by atoms with van der Waals surface area (Å²) in [5.41, 5.74) is 2.64. The van der Waals surface area contributed by atoms with Gasteiger partial charge < -0.3 is 5.11 Å². The van der Waals surface area contributed by atoms with Crippen LogP contribution in [0.1, 0.15) is 44.7 Å². The second-order valence-corrected chi connectivity index (χ2v) is 6.21. The van der Waals surface area contributed by atoms with E-state index in [4.69, 9.17) is 0 Å². The second kappa shape index (κ2) is 7.58. The molecule has 0 saturated heterocycles. The number of hydrogen-bond donors (Lipinski definition) is 1. The van der Waals surface area contributed by atoms with Crippen LogP contribution in [0.2, 0.25) is 0 Å². The van der Waals surface area contributed by atoms with Crippen LogP contribution in [0, 0.1) is 24.7 Å². The van der Waals surface area contributed by atoms with E-state index in [0.29, 0.717) is 18.4 Å². The van der Waals surface area contributed by atoms with Crippen molar-refractivity contribution in [1.82, 2.24) is 0 Å². The summed E-state index contributed by atoms with van der Waals surface area (Å²) in [6.07, 6.45) is 3.38. The first-order valence-electron chi connectivity index (χ1n) is 7.17. The molecule has 2 unspecified atom stereocenters. The van der Waals surface area contributed by atoms with Gasteiger partial charge in [0.05, 0.1) is 0 Å². The Balaban J connectivity index is 2.48. The maximum absolute atomic E-state index is 9.52. The summed E-state index contributed by atoms with van der Waals surface area (Å²) in [5.74, 6) is 1.85. The Morgan fingerprint density at radius 3 is 2.11 bits per heavy atom. The van der Waals surface area contributed by atoms with Crippen molar-refractivity contribution in [3.8, 4) is 0 Å². The van der Waals surface area contributed by atoms with Gasteiger partial charge in [0.15, 0.2) is 0 Å². The molecule has 18 heavy (non-hydrogen) atoms. The zero-order valence-corrected chi connectivity index (χ0v) is 12.3. The van der Waals surface area contributed by atoms with Crippen molar-refractivity contribution in [2.45, 2.75) is 47.0 Å². The summed E-state index contributed by atoms with van der Waals surface area (Å²) in [6.45, 7) is 9.25. The highest BCUT2D eigenvalue weighted by molar-refractivity contribution is 5.21. The highest BCUT2D eigenvalue weighted by Crippen LogP contribution is 2.22. The quantitative estimate of drug-likeness (QED) is 0.766. The molecule has 2 atom stereocenters. The molecule has 1 aromatic carbocycles. The van der Waals surface area contributed by atoms with Gasteiger partial charge in [-0.1, -0.05) is 50.6 Å². The van der Waals surface area contributed by atoms with Crippen molar-refractivity contribution >= 4 is 0 Å². The maximum Gasteiger partial charge on any atom is 0.0462 e. The summed E-state index contributed by atoms with van der Waals surface area (Å²) in [5, 5.41) is 9.52. The molecule has 1 nitrogen and oxygen atoms in total. The molecule has 0 spiro atoms. The highest BCUT2D eigenvalue weighted by atomic mass is 16.3. The van der Waals surface area contributed by atoms with E-state index in [2.05, 4.69) is 52.0 Å². The van der Waals surface area contributed by atoms with Gasteiger partial charge in [-0.15, -0.1) is 0 Å². The molecule has 1 aromatic rings. The van der Waals surface area contributed by atoms with Crippen molar-refractivity contribution in [2.75, 3.05) is 6.61 Å². The van der Waals surface area contributed by atoms with Crippen LogP contribution in [0.5, 0.6) is 0 Å². The van der Waals surface area contributed by atoms with Crippen LogP contribution in [-0.2, 0) is 6.42 Å². The van der Waals surface area contributed by atoms with E-state index in [1.54, 1.807) is 0 Å². The van der Waals surface area contributed by atoms with Crippen molar-refractivity contribution in [3.63, 3.8) is 0 Å². The van der Waals surface area contributed by atoms with Gasteiger partial charge >= 0.3 is 0 Å². The number of aliphatic hydroxyl groups is 1. The van der Waals surface area contributed by atoms with Gasteiger partial charge in [-0.3, -0.25) is 0 Å². The molecule has 102 valence electrons. The fraction of sp³-hybridized carbons (Fsp3) is 0.647. The van der Waals surface area contributed by atoms with Crippen LogP contribution in [0.25, 0.3) is 0 Å². The number of aryl methyl sites for hydroxylation is 1. The van der Waals surface area contributed by atoms with Gasteiger partial charge in [0, 0.05) is 6.61 Å². The topological polar surface area (TPSA) is 20.2 Å². The molecule has 0 aliphatic carbocycles. The van der Waals surface area contributed by atoms with Crippen molar-refractivity contribution in [2.24, 2.45) is 17.8 Å². The molecule has 1 rings (SSSR count). The first-order valence-corrected chi connectivity index (χ1v) is 7.17. The minimum Gasteiger partial charge on any atom is -0.396 e. The Kier molecular flexibility index (Phi) is 6.42. The van der Waals surface area contributed by atoms with E-state index in [9.17, 15) is 5.11 Å². The molecule has 0 amide bonds. The summed E-state index contributed by atoms with van der Waals surface area (Å²) in [6, 6.07) is 8.68. The standard InChI is InChI=1S/C17H28O/c1-13(2)9-15(4)10-17(12-18)11-16-7-5-14(3)6-8-16/h5-8,13,15,17-18H,9-12H2,1-4H3. The van der Waals surface area contributed by atoms with Crippen molar-refractivity contribution in [1.29, 1.82) is 0 Å². The maximum atomic E-state index is 9.52. The first-order chi connectivity index (χ1) is 8.51. The van der Waals surface area contributed by atoms with Crippen LogP contribution >= 0.6 is 0 Å². The van der Waals surface area contributed by atoms with Gasteiger partial charge in [0.25, 0.3) is 0 Å². The van der Waals surface area contributed by atoms with E-state index in [-0.39, 0.29) is 0 Å². The number of rotatable bonds is 7. The van der Waals surface area contributed by atoms with E-state index in [1.165, 1.54) is 17.5 Å². The molecule has 0 saturated carbocycles. The van der Waals surface area contributed by atoms with E-state index in [1.807, 2.05) is 0 Å². The molecule has 0 aliphatic rings. The van der Waals surface area contributed by atoms with E-state index in [0.717, 1.165) is 18.8 Å². The van der Waals surface area contributed by atoms with Crippen LogP contribution < -0.4 is 0 Å². The zero-order chi connectivity index (χ0) is 13.5. The first kappa shape index (κ1) is 15.2. The summed E-state index contributed by atoms with van der Waals surface area (Å²) in [7, 11) is 0. The Morgan fingerprint density at radius 1 is 1.00 bits per heavy atom. The fourth-order valence-corrected chi connectivity index (χ4v) is 2.75. The molecule has 0 aliphatic heterocycles. The molecule has 0 heterocycles. The van der Waals surface area contributed by atoms with E-state index >= 15 is 0 Å². The van der Waals surface area contributed by atoms with Crippen LogP contribution in [0.3, 0.4) is 0 Å². The van der Waals surface area contributed by atoms with Crippen LogP contribution in [0.4, 0.5) is 0 Å². The summed E-state index contributed by atoms with van der Waals surface area (Å²) in [4.78, 5) is 0. The number of hydrogen-bond acceptors (Lipinski definition) is 1. The molecule has 0 bridgehead atoms. The van der Waals surface area contributed by atoms with Gasteiger partial charge in [-0.05, 0) is 49.5 Å². The molecule has 0 aromatic heterocycles. The third-order valence-corrected chi connectivity index (χ3v) is 3.51. The van der Waals surface area contributed by atoms with Gasteiger partial charge in [0.2, 0.25) is 0 Å². The highest BCUT2D eigenvalue weighted by Gasteiger charge is 2.14. The van der Waals surface area contributed by atoms with E-state index < -0.39 is 0 Å². The SMILES string of the molecule is Cc1ccc(CC(CO)CC(C)CC(C)C)cc1. The Labute approximate surface area is 112 Å². The predicted molar refractivity (Wildman–Crippen MR) is 78.7 cm³/mol. The monoisotopic (exact) mass is 248 g/mol. The molecular formula is C17H28O. The largest absolute Gasteiger partial charge is 0.396 e. The Morgan fingerprint density at radius 2 is 1.61 bits per heavy atom. The molecule has 1 N–H and O–H groups in total. The van der Waals surface area contributed by atoms with Gasteiger partial charge in [-0.25, -0.2) is 0 Å². The van der Waals surface area contributed by atoms with Crippen LogP contribution in [-0.4, -0.2) is 11.7 Å². The normalized spacial score (nSPS) is 14.8. The second-order valence-electron chi connectivity index (χ2n) is 6.21. The third kappa shape index (κ3) is 5.68. The number of aliphatic hydroxyl groups excluding tert-OH is 1. The molecule has 1 heteroatoms. The number of benzene rings is 1. The fourth-order valence-electron chi connectivity index (χ4n) is 2.75. The molecule has 0 radical (unpaired) electrons. The van der Waals surface area contributed by atoms with Crippen molar-refractivity contribution in [3.05, 3.63) is 35.4 Å². The Hall–Kier alpha value is -0.820. The zero-order valence-electron chi connectivity index (χ0n) is 12.3. The molecule has 0 fully saturated rings. The third-order valence-electron chi connectivity index (χ3n) is 3.51.